The quantitative estimate of drug-likeness (QED) is 0.647. The van der Waals surface area contributed by atoms with Gasteiger partial charge >= 0.3 is 0 Å². The van der Waals surface area contributed by atoms with Gasteiger partial charge in [-0.2, -0.15) is 0 Å². The van der Waals surface area contributed by atoms with Crippen molar-refractivity contribution in [2.75, 3.05) is 0 Å². The van der Waals surface area contributed by atoms with E-state index in [9.17, 15) is 19.2 Å². The summed E-state index contributed by atoms with van der Waals surface area (Å²) in [4.78, 5) is 48.8. The Kier molecular flexibility index (Phi) is 4.94. The molecule has 0 N–H and O–H groups in total. The van der Waals surface area contributed by atoms with Crippen LogP contribution in [0.2, 0.25) is 0 Å². The van der Waals surface area contributed by atoms with Gasteiger partial charge in [0.05, 0.1) is 0 Å². The molecule has 0 heterocycles. The Morgan fingerprint density at radius 1 is 0.538 bits per heavy atom. The summed E-state index contributed by atoms with van der Waals surface area (Å²) >= 11 is 0. The van der Waals surface area contributed by atoms with E-state index in [-0.39, 0.29) is 22.3 Å². The summed E-state index contributed by atoms with van der Waals surface area (Å²) < 4.78 is 0. The lowest BCUT2D eigenvalue weighted by Gasteiger charge is -2.12. The van der Waals surface area contributed by atoms with Crippen molar-refractivity contribution in [1.82, 2.24) is 0 Å². The number of hydrogen-bond acceptors (Lipinski definition) is 4. The van der Waals surface area contributed by atoms with Crippen LogP contribution in [0.25, 0.3) is 0 Å². The lowest BCUT2D eigenvalue weighted by atomic mass is 9.87. The summed E-state index contributed by atoms with van der Waals surface area (Å²) in [5.74, 6) is -1.05. The maximum atomic E-state index is 13.0. The molecule has 0 fully saturated rings. The van der Waals surface area contributed by atoms with Crippen molar-refractivity contribution in [2.45, 2.75) is 0 Å². The third-order valence-electron chi connectivity index (χ3n) is 3.95. The summed E-state index contributed by atoms with van der Waals surface area (Å²) in [6.45, 7) is 0. The largest absolute Gasteiger partial charge is 0.289 e. The molecule has 4 nitrogen and oxygen atoms in total. The molecule has 0 unspecified atom stereocenters. The second-order valence-corrected chi connectivity index (χ2v) is 5.51. The average Bonchev–Trinajstić information content (AvgIpc) is 2.72. The molecule has 124 valence electrons. The van der Waals surface area contributed by atoms with E-state index in [0.717, 1.165) is 0 Å². The van der Waals surface area contributed by atoms with Crippen LogP contribution in [0.5, 0.6) is 0 Å². The van der Waals surface area contributed by atoms with Crippen molar-refractivity contribution in [1.29, 1.82) is 0 Å². The van der Waals surface area contributed by atoms with E-state index in [1.54, 1.807) is 73.2 Å². The molecule has 0 aliphatic carbocycles. The zero-order chi connectivity index (χ0) is 18.5. The summed E-state index contributed by atoms with van der Waals surface area (Å²) in [7, 11) is 0. The van der Waals surface area contributed by atoms with Crippen molar-refractivity contribution in [3.63, 3.8) is 0 Å². The van der Waals surface area contributed by atoms with Crippen LogP contribution in [0.1, 0.15) is 43.0 Å². The van der Waals surface area contributed by atoms with Gasteiger partial charge in [-0.15, -0.1) is 0 Å². The number of ketones is 2. The second-order valence-electron chi connectivity index (χ2n) is 5.51. The van der Waals surface area contributed by atoms with Gasteiger partial charge in [-0.25, -0.2) is 0 Å². The zero-order valence-electron chi connectivity index (χ0n) is 13.6. The molecule has 0 amide bonds. The van der Waals surface area contributed by atoms with E-state index in [1.807, 2.05) is 0 Å². The molecule has 0 aliphatic heterocycles. The van der Waals surface area contributed by atoms with Crippen LogP contribution in [-0.2, 0) is 9.59 Å². The van der Waals surface area contributed by atoms with Gasteiger partial charge in [0.25, 0.3) is 0 Å². The normalized spacial score (nSPS) is 10.2. The van der Waals surface area contributed by atoms with Crippen LogP contribution in [-0.4, -0.2) is 24.1 Å². The van der Waals surface area contributed by atoms with Gasteiger partial charge in [-0.3, -0.25) is 19.2 Å². The molecule has 0 bridgehead atoms. The first kappa shape index (κ1) is 17.2. The lowest BCUT2D eigenvalue weighted by molar-refractivity contribution is 0.100. The van der Waals surface area contributed by atoms with Crippen LogP contribution in [0, 0.1) is 0 Å². The molecular formula is C22H12O4. The van der Waals surface area contributed by atoms with E-state index in [1.165, 1.54) is 12.1 Å². The van der Waals surface area contributed by atoms with Crippen LogP contribution in [0.15, 0.2) is 72.8 Å². The molecule has 0 atom stereocenters. The fourth-order valence-electron chi connectivity index (χ4n) is 2.71. The highest BCUT2D eigenvalue weighted by Gasteiger charge is 2.26. The van der Waals surface area contributed by atoms with Gasteiger partial charge in [0.15, 0.2) is 11.6 Å². The molecule has 3 aromatic rings. The number of benzene rings is 3. The van der Waals surface area contributed by atoms with Crippen molar-refractivity contribution < 1.29 is 19.2 Å². The molecule has 0 aromatic heterocycles. The van der Waals surface area contributed by atoms with Gasteiger partial charge < -0.3 is 0 Å². The van der Waals surface area contributed by atoms with Gasteiger partial charge in [0, 0.05) is 33.4 Å². The van der Waals surface area contributed by atoms with E-state index < -0.39 is 11.6 Å². The van der Waals surface area contributed by atoms with Crippen molar-refractivity contribution in [3.05, 3.63) is 106 Å². The van der Waals surface area contributed by atoms with Crippen LogP contribution in [0.4, 0.5) is 0 Å². The molecule has 3 aromatic carbocycles. The molecule has 0 aliphatic rings. The second kappa shape index (κ2) is 7.49. The van der Waals surface area contributed by atoms with Gasteiger partial charge in [0.2, 0.25) is 12.6 Å². The van der Waals surface area contributed by atoms with Gasteiger partial charge in [0.1, 0.15) is 0 Å². The van der Waals surface area contributed by atoms with E-state index in [2.05, 4.69) is 0 Å². The smallest absolute Gasteiger partial charge is 0.234 e. The number of carbonyl (C=O) groups is 2. The molecule has 3 rings (SSSR count). The predicted molar refractivity (Wildman–Crippen MR) is 95.8 cm³/mol. The third-order valence-corrected chi connectivity index (χ3v) is 3.95. The summed E-state index contributed by atoms with van der Waals surface area (Å²) in [5, 5.41) is 0. The number of rotatable bonds is 6. The number of hydrogen-bond donors (Lipinski definition) is 0. The Bertz CT molecular complexity index is 907. The molecule has 0 spiro atoms. The van der Waals surface area contributed by atoms with Crippen molar-refractivity contribution in [2.24, 2.45) is 0 Å². The molecule has 2 radical (unpaired) electrons. The fourth-order valence-corrected chi connectivity index (χ4v) is 2.71. The Balaban J connectivity index is 2.28. The Morgan fingerprint density at radius 2 is 0.885 bits per heavy atom. The topological polar surface area (TPSA) is 68.3 Å². The Labute approximate surface area is 150 Å². The highest BCUT2D eigenvalue weighted by atomic mass is 16.1. The molecule has 0 saturated heterocycles. The van der Waals surface area contributed by atoms with Crippen molar-refractivity contribution in [3.8, 4) is 0 Å². The third kappa shape index (κ3) is 3.13. The minimum Gasteiger partial charge on any atom is -0.289 e. The fraction of sp³-hybridized carbons (Fsp3) is 0. The first-order chi connectivity index (χ1) is 12.7. The molecular weight excluding hydrogens is 328 g/mol. The number of carbonyl (C=O) groups excluding carboxylic acids is 4. The SMILES string of the molecule is O=[C]c1ccc([C]=O)c(C(=O)c2ccccc2)c1C(=O)c1ccccc1. The molecule has 4 heteroatoms. The highest BCUT2D eigenvalue weighted by molar-refractivity contribution is 6.24. The van der Waals surface area contributed by atoms with Gasteiger partial charge in [-0.05, 0) is 12.1 Å². The maximum Gasteiger partial charge on any atom is 0.234 e. The Hall–Kier alpha value is -3.66. The van der Waals surface area contributed by atoms with E-state index in [4.69, 9.17) is 0 Å². The minimum atomic E-state index is -0.527. The summed E-state index contributed by atoms with van der Waals surface area (Å²) in [6.07, 6.45) is 3.38. The van der Waals surface area contributed by atoms with Crippen LogP contribution >= 0.6 is 0 Å². The monoisotopic (exact) mass is 340 g/mol. The molecule has 26 heavy (non-hydrogen) atoms. The van der Waals surface area contributed by atoms with Crippen LogP contribution < -0.4 is 0 Å². The van der Waals surface area contributed by atoms with Crippen LogP contribution in [0.3, 0.4) is 0 Å². The van der Waals surface area contributed by atoms with E-state index >= 15 is 0 Å². The standard InChI is InChI=1S/C22H12O4/c23-13-17-11-12-18(14-24)20(22(26)16-9-5-2-6-10-16)19(17)21(25)15-7-3-1-4-8-15/h1-12H. The first-order valence-corrected chi connectivity index (χ1v) is 7.80. The zero-order valence-corrected chi connectivity index (χ0v) is 13.6. The first-order valence-electron chi connectivity index (χ1n) is 7.80. The summed E-state index contributed by atoms with van der Waals surface area (Å²) in [6, 6.07) is 19.1. The lowest BCUT2D eigenvalue weighted by Crippen LogP contribution is -2.16. The van der Waals surface area contributed by atoms with Crippen molar-refractivity contribution >= 4 is 24.1 Å². The molecule has 0 saturated carbocycles. The van der Waals surface area contributed by atoms with E-state index in [0.29, 0.717) is 11.1 Å². The summed E-state index contributed by atoms with van der Waals surface area (Å²) in [5.41, 5.74) is 0.180. The Morgan fingerprint density at radius 3 is 1.19 bits per heavy atom. The highest BCUT2D eigenvalue weighted by Crippen LogP contribution is 2.24. The minimum absolute atomic E-state index is 0.0721. The average molecular weight is 340 g/mol. The van der Waals surface area contributed by atoms with Gasteiger partial charge in [-0.1, -0.05) is 60.7 Å². The maximum absolute atomic E-state index is 13.0. The predicted octanol–water partition coefficient (Wildman–Crippen LogP) is 3.06.